The van der Waals surface area contributed by atoms with Gasteiger partial charge in [0.15, 0.2) is 11.5 Å². The standard InChI is InChI=1S/C13H7BrF2N2O3/c14-8-3-7(5-17-6-8)12(19)18-9-1-2-10-11(4-9)21-13(15,16)20-10/h1-6H,(H,18,19). The van der Waals surface area contributed by atoms with Gasteiger partial charge in [-0.3, -0.25) is 9.78 Å². The zero-order chi connectivity index (χ0) is 15.0. The second-order valence-electron chi connectivity index (χ2n) is 4.17. The van der Waals surface area contributed by atoms with E-state index in [2.05, 4.69) is 35.7 Å². The van der Waals surface area contributed by atoms with Crippen LogP contribution in [-0.2, 0) is 0 Å². The Morgan fingerprint density at radius 3 is 2.71 bits per heavy atom. The monoisotopic (exact) mass is 356 g/mol. The van der Waals surface area contributed by atoms with E-state index in [1.54, 1.807) is 12.3 Å². The molecule has 1 aliphatic heterocycles. The van der Waals surface area contributed by atoms with Crippen LogP contribution in [0.4, 0.5) is 14.5 Å². The Hall–Kier alpha value is -2.22. The van der Waals surface area contributed by atoms with E-state index in [4.69, 9.17) is 0 Å². The Balaban J connectivity index is 1.79. The molecule has 2 aromatic rings. The van der Waals surface area contributed by atoms with Crippen LogP contribution in [-0.4, -0.2) is 17.2 Å². The van der Waals surface area contributed by atoms with E-state index in [0.29, 0.717) is 15.7 Å². The molecule has 0 saturated heterocycles. The lowest BCUT2D eigenvalue weighted by molar-refractivity contribution is -0.286. The summed E-state index contributed by atoms with van der Waals surface area (Å²) < 4.78 is 35.0. The zero-order valence-electron chi connectivity index (χ0n) is 10.3. The van der Waals surface area contributed by atoms with Crippen LogP contribution in [0.2, 0.25) is 0 Å². The number of hydrogen-bond donors (Lipinski definition) is 1. The van der Waals surface area contributed by atoms with Crippen molar-refractivity contribution in [3.05, 3.63) is 46.7 Å². The zero-order valence-corrected chi connectivity index (χ0v) is 11.9. The molecule has 0 aliphatic carbocycles. The molecule has 0 radical (unpaired) electrons. The second kappa shape index (κ2) is 4.96. The molecule has 1 aliphatic rings. The summed E-state index contributed by atoms with van der Waals surface area (Å²) in [5.74, 6) is -0.637. The maximum absolute atomic E-state index is 12.9. The number of ether oxygens (including phenoxy) is 2. The number of pyridine rings is 1. The van der Waals surface area contributed by atoms with Crippen LogP contribution < -0.4 is 14.8 Å². The van der Waals surface area contributed by atoms with Crippen molar-refractivity contribution in [2.45, 2.75) is 6.29 Å². The van der Waals surface area contributed by atoms with E-state index in [9.17, 15) is 13.6 Å². The van der Waals surface area contributed by atoms with Crippen LogP contribution in [0.1, 0.15) is 10.4 Å². The van der Waals surface area contributed by atoms with Gasteiger partial charge in [0, 0.05) is 28.6 Å². The summed E-state index contributed by atoms with van der Waals surface area (Å²) in [6.07, 6.45) is -0.750. The summed E-state index contributed by atoms with van der Waals surface area (Å²) >= 11 is 3.21. The summed E-state index contributed by atoms with van der Waals surface area (Å²) in [7, 11) is 0. The normalized spacial score (nSPS) is 14.8. The Bertz CT molecular complexity index is 724. The lowest BCUT2D eigenvalue weighted by Crippen LogP contribution is -2.25. The van der Waals surface area contributed by atoms with Crippen molar-refractivity contribution in [1.29, 1.82) is 0 Å². The average molecular weight is 357 g/mol. The molecular formula is C13H7BrF2N2O3. The summed E-state index contributed by atoms with van der Waals surface area (Å²) in [6, 6.07) is 5.58. The fraction of sp³-hybridized carbons (Fsp3) is 0.0769. The molecule has 1 amide bonds. The topological polar surface area (TPSA) is 60.5 Å². The third-order valence-corrected chi connectivity index (χ3v) is 3.06. The Labute approximate surface area is 126 Å². The molecule has 8 heteroatoms. The second-order valence-corrected chi connectivity index (χ2v) is 5.09. The number of alkyl halides is 2. The molecule has 1 aromatic carbocycles. The maximum atomic E-state index is 12.9. The molecular weight excluding hydrogens is 350 g/mol. The number of nitrogens with zero attached hydrogens (tertiary/aromatic N) is 1. The van der Waals surface area contributed by atoms with Gasteiger partial charge in [0.25, 0.3) is 5.91 Å². The van der Waals surface area contributed by atoms with Gasteiger partial charge in [0.2, 0.25) is 0 Å². The average Bonchev–Trinajstić information content (AvgIpc) is 2.72. The summed E-state index contributed by atoms with van der Waals surface area (Å²) in [6.45, 7) is 0. The van der Waals surface area contributed by atoms with Crippen molar-refractivity contribution in [1.82, 2.24) is 4.98 Å². The third-order valence-electron chi connectivity index (χ3n) is 2.63. The minimum absolute atomic E-state index is 0.0814. The van der Waals surface area contributed by atoms with E-state index in [1.165, 1.54) is 24.4 Å². The Morgan fingerprint density at radius 2 is 1.95 bits per heavy atom. The molecule has 0 saturated carbocycles. The number of fused-ring (bicyclic) bond motifs is 1. The van der Waals surface area contributed by atoms with E-state index in [0.717, 1.165) is 0 Å². The number of aromatic nitrogens is 1. The highest BCUT2D eigenvalue weighted by molar-refractivity contribution is 9.10. The molecule has 5 nitrogen and oxygen atoms in total. The molecule has 0 spiro atoms. The van der Waals surface area contributed by atoms with Crippen molar-refractivity contribution in [2.24, 2.45) is 0 Å². The molecule has 108 valence electrons. The number of carbonyl (C=O) groups excluding carboxylic acids is 1. The van der Waals surface area contributed by atoms with Gasteiger partial charge in [-0.2, -0.15) is 0 Å². The van der Waals surface area contributed by atoms with Gasteiger partial charge < -0.3 is 14.8 Å². The SMILES string of the molecule is O=C(Nc1ccc2c(c1)OC(F)(F)O2)c1cncc(Br)c1. The molecule has 1 aromatic heterocycles. The molecule has 1 N–H and O–H groups in total. The first-order valence-electron chi connectivity index (χ1n) is 5.75. The number of halogens is 3. The number of benzene rings is 1. The minimum Gasteiger partial charge on any atom is -0.395 e. The highest BCUT2D eigenvalue weighted by atomic mass is 79.9. The predicted molar refractivity (Wildman–Crippen MR) is 72.5 cm³/mol. The van der Waals surface area contributed by atoms with Crippen molar-refractivity contribution in [3.8, 4) is 11.5 Å². The van der Waals surface area contributed by atoms with Crippen LogP contribution in [0.15, 0.2) is 41.1 Å². The van der Waals surface area contributed by atoms with E-state index in [1.807, 2.05) is 0 Å². The summed E-state index contributed by atoms with van der Waals surface area (Å²) in [5.41, 5.74) is 0.632. The van der Waals surface area contributed by atoms with Crippen LogP contribution >= 0.6 is 15.9 Å². The minimum atomic E-state index is -3.68. The van der Waals surface area contributed by atoms with Gasteiger partial charge in [-0.05, 0) is 34.1 Å². The number of hydrogen-bond acceptors (Lipinski definition) is 4. The van der Waals surface area contributed by atoms with E-state index in [-0.39, 0.29) is 11.5 Å². The molecule has 0 unspecified atom stereocenters. The fourth-order valence-electron chi connectivity index (χ4n) is 1.77. The van der Waals surface area contributed by atoms with Crippen LogP contribution in [0, 0.1) is 0 Å². The number of carbonyl (C=O) groups is 1. The smallest absolute Gasteiger partial charge is 0.395 e. The molecule has 2 heterocycles. The first-order chi connectivity index (χ1) is 9.93. The number of anilines is 1. The van der Waals surface area contributed by atoms with Gasteiger partial charge in [-0.25, -0.2) is 0 Å². The van der Waals surface area contributed by atoms with Crippen molar-refractivity contribution < 1.29 is 23.0 Å². The van der Waals surface area contributed by atoms with Gasteiger partial charge in [-0.1, -0.05) is 0 Å². The molecule has 0 fully saturated rings. The quantitative estimate of drug-likeness (QED) is 0.895. The Morgan fingerprint density at radius 1 is 1.19 bits per heavy atom. The summed E-state index contributed by atoms with van der Waals surface area (Å²) in [5, 5.41) is 2.56. The van der Waals surface area contributed by atoms with E-state index >= 15 is 0 Å². The van der Waals surface area contributed by atoms with Gasteiger partial charge in [-0.15, -0.1) is 8.78 Å². The third kappa shape index (κ3) is 2.94. The molecule has 0 atom stereocenters. The Kier molecular flexibility index (Phi) is 3.25. The van der Waals surface area contributed by atoms with Crippen molar-refractivity contribution in [2.75, 3.05) is 5.32 Å². The molecule has 0 bridgehead atoms. The fourth-order valence-corrected chi connectivity index (χ4v) is 2.13. The van der Waals surface area contributed by atoms with Crippen LogP contribution in [0.25, 0.3) is 0 Å². The lowest BCUT2D eigenvalue weighted by Gasteiger charge is -2.06. The first kappa shape index (κ1) is 13.7. The van der Waals surface area contributed by atoms with Crippen LogP contribution in [0.5, 0.6) is 11.5 Å². The van der Waals surface area contributed by atoms with Crippen molar-refractivity contribution in [3.63, 3.8) is 0 Å². The first-order valence-corrected chi connectivity index (χ1v) is 6.54. The highest BCUT2D eigenvalue weighted by Gasteiger charge is 2.43. The maximum Gasteiger partial charge on any atom is 0.586 e. The molecule has 3 rings (SSSR count). The lowest BCUT2D eigenvalue weighted by atomic mass is 10.2. The highest BCUT2D eigenvalue weighted by Crippen LogP contribution is 2.42. The van der Waals surface area contributed by atoms with E-state index < -0.39 is 12.2 Å². The van der Waals surface area contributed by atoms with Crippen LogP contribution in [0.3, 0.4) is 0 Å². The van der Waals surface area contributed by atoms with Gasteiger partial charge >= 0.3 is 6.29 Å². The number of rotatable bonds is 2. The number of nitrogens with one attached hydrogen (secondary N) is 1. The summed E-state index contributed by atoms with van der Waals surface area (Å²) in [4.78, 5) is 15.9. The van der Waals surface area contributed by atoms with Crippen molar-refractivity contribution >= 4 is 27.5 Å². The van der Waals surface area contributed by atoms with Gasteiger partial charge in [0.1, 0.15) is 0 Å². The molecule has 21 heavy (non-hydrogen) atoms. The largest absolute Gasteiger partial charge is 0.586 e. The van der Waals surface area contributed by atoms with Gasteiger partial charge in [0.05, 0.1) is 5.56 Å². The predicted octanol–water partition coefficient (Wildman–Crippen LogP) is 3.42. The number of amides is 1.